The average molecular weight is 195 g/mol. The molecule has 1 aromatic rings. The molecule has 14 heavy (non-hydrogen) atoms. The number of carboxylic acids is 1. The van der Waals surface area contributed by atoms with Crippen LogP contribution in [0.15, 0.2) is 12.4 Å². The topological polar surface area (TPSA) is 68.0 Å². The molecule has 1 saturated carbocycles. The van der Waals surface area contributed by atoms with E-state index in [0.717, 1.165) is 19.3 Å². The highest BCUT2D eigenvalue weighted by Gasteiger charge is 2.42. The minimum atomic E-state index is -0.839. The molecule has 2 rings (SSSR count). The summed E-state index contributed by atoms with van der Waals surface area (Å²) in [5, 5.41) is 16.8. The fraction of sp³-hybridized carbons (Fsp3) is 0.667. The molecule has 0 aromatic carbocycles. The van der Waals surface area contributed by atoms with E-state index in [4.69, 9.17) is 0 Å². The van der Waals surface area contributed by atoms with E-state index < -0.39 is 11.5 Å². The van der Waals surface area contributed by atoms with Crippen molar-refractivity contribution in [1.82, 2.24) is 15.0 Å². The van der Waals surface area contributed by atoms with Crippen LogP contribution < -0.4 is 0 Å². The van der Waals surface area contributed by atoms with Gasteiger partial charge in [0.15, 0.2) is 5.54 Å². The highest BCUT2D eigenvalue weighted by molar-refractivity contribution is 5.76. The fourth-order valence-electron chi connectivity index (χ4n) is 2.11. The van der Waals surface area contributed by atoms with Crippen LogP contribution in [0, 0.1) is 0 Å². The van der Waals surface area contributed by atoms with E-state index >= 15 is 0 Å². The molecule has 0 radical (unpaired) electrons. The van der Waals surface area contributed by atoms with Gasteiger partial charge in [0.25, 0.3) is 0 Å². The van der Waals surface area contributed by atoms with Gasteiger partial charge in [0.2, 0.25) is 0 Å². The van der Waals surface area contributed by atoms with Crippen LogP contribution in [0.5, 0.6) is 0 Å². The molecule has 0 atom stereocenters. The summed E-state index contributed by atoms with van der Waals surface area (Å²) in [4.78, 5) is 11.3. The molecule has 1 N–H and O–H groups in total. The van der Waals surface area contributed by atoms with Crippen molar-refractivity contribution < 1.29 is 9.90 Å². The maximum Gasteiger partial charge on any atom is 0.331 e. The lowest BCUT2D eigenvalue weighted by Gasteiger charge is -2.32. The highest BCUT2D eigenvalue weighted by atomic mass is 16.4. The first kappa shape index (κ1) is 9.18. The monoisotopic (exact) mass is 195 g/mol. The molecule has 0 aliphatic heterocycles. The van der Waals surface area contributed by atoms with Crippen molar-refractivity contribution >= 4 is 5.97 Å². The molecule has 0 spiro atoms. The third kappa shape index (κ3) is 1.29. The summed E-state index contributed by atoms with van der Waals surface area (Å²) in [6.07, 6.45) is 7.50. The number of carbonyl (C=O) groups is 1. The number of hydrogen-bond acceptors (Lipinski definition) is 3. The third-order valence-corrected chi connectivity index (χ3v) is 2.94. The molecule has 1 aliphatic carbocycles. The van der Waals surface area contributed by atoms with Gasteiger partial charge in [-0.2, -0.15) is 0 Å². The van der Waals surface area contributed by atoms with Gasteiger partial charge in [-0.15, -0.1) is 5.10 Å². The van der Waals surface area contributed by atoms with Crippen LogP contribution in [0.4, 0.5) is 0 Å². The van der Waals surface area contributed by atoms with Crippen molar-refractivity contribution in [2.75, 3.05) is 0 Å². The maximum absolute atomic E-state index is 11.3. The van der Waals surface area contributed by atoms with Crippen molar-refractivity contribution in [1.29, 1.82) is 0 Å². The van der Waals surface area contributed by atoms with Gasteiger partial charge in [-0.1, -0.05) is 24.5 Å². The summed E-state index contributed by atoms with van der Waals surface area (Å²) < 4.78 is 1.49. The Labute approximate surface area is 81.7 Å². The van der Waals surface area contributed by atoms with Crippen LogP contribution in [0.3, 0.4) is 0 Å². The van der Waals surface area contributed by atoms with Crippen molar-refractivity contribution in [2.24, 2.45) is 0 Å². The zero-order valence-corrected chi connectivity index (χ0v) is 7.89. The molecule has 5 nitrogen and oxygen atoms in total. The normalized spacial score (nSPS) is 20.6. The van der Waals surface area contributed by atoms with Crippen LogP contribution in [0.1, 0.15) is 32.1 Å². The Morgan fingerprint density at radius 2 is 2.07 bits per heavy atom. The molecular formula is C9H13N3O2. The van der Waals surface area contributed by atoms with E-state index in [1.165, 1.54) is 10.9 Å². The van der Waals surface area contributed by atoms with E-state index in [2.05, 4.69) is 10.3 Å². The van der Waals surface area contributed by atoms with Crippen LogP contribution >= 0.6 is 0 Å². The number of carboxylic acid groups (broad SMARTS) is 1. The minimum absolute atomic E-state index is 0.658. The Balaban J connectivity index is 2.35. The summed E-state index contributed by atoms with van der Waals surface area (Å²) in [5.41, 5.74) is -0.839. The molecule has 76 valence electrons. The Kier molecular flexibility index (Phi) is 2.23. The minimum Gasteiger partial charge on any atom is -0.479 e. The van der Waals surface area contributed by atoms with Crippen LogP contribution in [0.2, 0.25) is 0 Å². The van der Waals surface area contributed by atoms with Gasteiger partial charge in [-0.3, -0.25) is 0 Å². The van der Waals surface area contributed by atoms with E-state index in [9.17, 15) is 9.90 Å². The second kappa shape index (κ2) is 3.40. The Morgan fingerprint density at radius 3 is 2.57 bits per heavy atom. The van der Waals surface area contributed by atoms with Gasteiger partial charge < -0.3 is 5.11 Å². The van der Waals surface area contributed by atoms with Gasteiger partial charge in [0.05, 0.1) is 6.20 Å². The molecule has 1 heterocycles. The molecule has 1 aliphatic rings. The fourth-order valence-corrected chi connectivity index (χ4v) is 2.11. The zero-order chi connectivity index (χ0) is 10.0. The largest absolute Gasteiger partial charge is 0.479 e. The Hall–Kier alpha value is -1.39. The number of rotatable bonds is 2. The summed E-state index contributed by atoms with van der Waals surface area (Å²) in [6, 6.07) is 0. The predicted octanol–water partition coefficient (Wildman–Crippen LogP) is 1.02. The van der Waals surface area contributed by atoms with Gasteiger partial charge in [-0.05, 0) is 12.8 Å². The quantitative estimate of drug-likeness (QED) is 0.765. The molecule has 5 heteroatoms. The zero-order valence-electron chi connectivity index (χ0n) is 7.89. The van der Waals surface area contributed by atoms with E-state index in [1.807, 2.05) is 0 Å². The Bertz CT molecular complexity index is 315. The maximum atomic E-state index is 11.3. The van der Waals surface area contributed by atoms with Crippen LogP contribution in [0.25, 0.3) is 0 Å². The third-order valence-electron chi connectivity index (χ3n) is 2.94. The smallest absolute Gasteiger partial charge is 0.331 e. The van der Waals surface area contributed by atoms with Gasteiger partial charge in [-0.25, -0.2) is 9.48 Å². The summed E-state index contributed by atoms with van der Waals surface area (Å²) >= 11 is 0. The SMILES string of the molecule is O=C(O)C1(n2ccnn2)CCCCC1. The van der Waals surface area contributed by atoms with E-state index in [1.54, 1.807) is 6.20 Å². The second-order valence-electron chi connectivity index (χ2n) is 3.75. The molecule has 1 fully saturated rings. The first-order valence-corrected chi connectivity index (χ1v) is 4.86. The van der Waals surface area contributed by atoms with Gasteiger partial charge in [0, 0.05) is 6.20 Å². The van der Waals surface area contributed by atoms with E-state index in [0.29, 0.717) is 12.8 Å². The molecule has 0 saturated heterocycles. The van der Waals surface area contributed by atoms with Gasteiger partial charge in [0.1, 0.15) is 0 Å². The summed E-state index contributed by atoms with van der Waals surface area (Å²) in [7, 11) is 0. The highest BCUT2D eigenvalue weighted by Crippen LogP contribution is 2.34. The molecule has 0 bridgehead atoms. The molecule has 0 amide bonds. The lowest BCUT2D eigenvalue weighted by molar-refractivity contribution is -0.150. The molecule has 0 unspecified atom stereocenters. The first-order chi connectivity index (χ1) is 6.76. The predicted molar refractivity (Wildman–Crippen MR) is 48.7 cm³/mol. The second-order valence-corrected chi connectivity index (χ2v) is 3.75. The van der Waals surface area contributed by atoms with Crippen LogP contribution in [-0.2, 0) is 10.3 Å². The number of hydrogen-bond donors (Lipinski definition) is 1. The molecular weight excluding hydrogens is 182 g/mol. The van der Waals surface area contributed by atoms with Crippen LogP contribution in [-0.4, -0.2) is 26.1 Å². The summed E-state index contributed by atoms with van der Waals surface area (Å²) in [5.74, 6) is -0.789. The lowest BCUT2D eigenvalue weighted by atomic mass is 9.82. The van der Waals surface area contributed by atoms with Crippen molar-refractivity contribution in [3.05, 3.63) is 12.4 Å². The number of aliphatic carboxylic acids is 1. The van der Waals surface area contributed by atoms with Crippen molar-refractivity contribution in [3.8, 4) is 0 Å². The average Bonchev–Trinajstić information content (AvgIpc) is 2.72. The molecule has 1 aromatic heterocycles. The first-order valence-electron chi connectivity index (χ1n) is 4.86. The van der Waals surface area contributed by atoms with Crippen molar-refractivity contribution in [3.63, 3.8) is 0 Å². The standard InChI is InChI=1S/C9H13N3O2/c13-8(14)9(4-2-1-3-5-9)12-7-6-10-11-12/h6-7H,1-5H2,(H,13,14). The van der Waals surface area contributed by atoms with Crippen molar-refractivity contribution in [2.45, 2.75) is 37.6 Å². The Morgan fingerprint density at radius 1 is 1.36 bits per heavy atom. The van der Waals surface area contributed by atoms with E-state index in [-0.39, 0.29) is 0 Å². The summed E-state index contributed by atoms with van der Waals surface area (Å²) in [6.45, 7) is 0. The number of nitrogens with zero attached hydrogens (tertiary/aromatic N) is 3. The number of aromatic nitrogens is 3. The lowest BCUT2D eigenvalue weighted by Crippen LogP contribution is -2.44. The van der Waals surface area contributed by atoms with Gasteiger partial charge >= 0.3 is 5.97 Å².